The van der Waals surface area contributed by atoms with Gasteiger partial charge < -0.3 is 5.32 Å². The highest BCUT2D eigenvalue weighted by atomic mass is 32.2. The van der Waals surface area contributed by atoms with Crippen molar-refractivity contribution in [3.8, 4) is 0 Å². The molecule has 0 radical (unpaired) electrons. The van der Waals surface area contributed by atoms with Crippen molar-refractivity contribution in [1.29, 1.82) is 0 Å². The number of hydrogen-bond acceptors (Lipinski definition) is 5. The second kappa shape index (κ2) is 7.33. The third-order valence-electron chi connectivity index (χ3n) is 4.97. The molecule has 1 atom stereocenters. The Morgan fingerprint density at radius 1 is 1.18 bits per heavy atom. The molecule has 1 aliphatic heterocycles. The van der Waals surface area contributed by atoms with Crippen LogP contribution in [-0.4, -0.2) is 52.6 Å². The van der Waals surface area contributed by atoms with Crippen molar-refractivity contribution in [2.24, 2.45) is 0 Å². The summed E-state index contributed by atoms with van der Waals surface area (Å²) < 4.78 is 26.8. The molecule has 3 aromatic rings. The summed E-state index contributed by atoms with van der Waals surface area (Å²) in [6, 6.07) is 13.2. The Kier molecular flexibility index (Phi) is 4.86. The zero-order chi connectivity index (χ0) is 19.7. The average molecular weight is 399 g/mol. The molecule has 2 aromatic heterocycles. The molecule has 0 aliphatic carbocycles. The molecule has 0 saturated carbocycles. The number of rotatable bonds is 5. The average Bonchev–Trinajstić information content (AvgIpc) is 3.33. The number of carbonyl (C=O) groups is 1. The van der Waals surface area contributed by atoms with Crippen LogP contribution in [0.2, 0.25) is 0 Å². The van der Waals surface area contributed by atoms with Crippen LogP contribution in [0.4, 0.5) is 0 Å². The molecule has 146 valence electrons. The van der Waals surface area contributed by atoms with Gasteiger partial charge in [0.15, 0.2) is 5.65 Å². The fourth-order valence-corrected chi connectivity index (χ4v) is 4.33. The van der Waals surface area contributed by atoms with E-state index in [0.29, 0.717) is 43.1 Å². The van der Waals surface area contributed by atoms with E-state index in [4.69, 9.17) is 0 Å². The summed E-state index contributed by atoms with van der Waals surface area (Å²) in [7, 11) is -3.22. The van der Waals surface area contributed by atoms with Crippen LogP contribution in [0.3, 0.4) is 0 Å². The van der Waals surface area contributed by atoms with Crippen molar-refractivity contribution in [2.75, 3.05) is 19.3 Å². The molecule has 28 heavy (non-hydrogen) atoms. The lowest BCUT2D eigenvalue weighted by Gasteiger charge is -2.12. The number of sulfonamides is 1. The van der Waals surface area contributed by atoms with Crippen molar-refractivity contribution in [3.05, 3.63) is 65.6 Å². The van der Waals surface area contributed by atoms with Gasteiger partial charge in [0.25, 0.3) is 5.91 Å². The van der Waals surface area contributed by atoms with Crippen LogP contribution in [-0.2, 0) is 16.6 Å². The molecule has 1 saturated heterocycles. The number of fused-ring (bicyclic) bond motifs is 1. The lowest BCUT2D eigenvalue weighted by Crippen LogP contribution is -2.27. The fraction of sp³-hybridized carbons (Fsp3) is 0.316. The number of amides is 1. The summed E-state index contributed by atoms with van der Waals surface area (Å²) in [6.07, 6.45) is 3.61. The second-order valence-electron chi connectivity index (χ2n) is 6.98. The minimum absolute atomic E-state index is 0.0487. The topological polar surface area (TPSA) is 96.7 Å². The first kappa shape index (κ1) is 18.6. The van der Waals surface area contributed by atoms with Gasteiger partial charge in [0.2, 0.25) is 10.0 Å². The first-order valence-electron chi connectivity index (χ1n) is 9.04. The maximum atomic E-state index is 12.5. The van der Waals surface area contributed by atoms with Crippen LogP contribution >= 0.6 is 0 Å². The molecule has 3 heterocycles. The normalized spacial score (nSPS) is 17.8. The quantitative estimate of drug-likeness (QED) is 0.700. The maximum absolute atomic E-state index is 12.5. The summed E-state index contributed by atoms with van der Waals surface area (Å²) in [5.41, 5.74) is 2.16. The lowest BCUT2D eigenvalue weighted by molar-refractivity contribution is 0.0950. The van der Waals surface area contributed by atoms with Gasteiger partial charge in [0.1, 0.15) is 5.82 Å². The molecule has 0 spiro atoms. The third-order valence-corrected chi connectivity index (χ3v) is 6.24. The highest BCUT2D eigenvalue weighted by molar-refractivity contribution is 7.88. The van der Waals surface area contributed by atoms with Gasteiger partial charge in [-0.15, -0.1) is 10.2 Å². The zero-order valence-corrected chi connectivity index (χ0v) is 16.3. The third kappa shape index (κ3) is 3.76. The molecule has 1 aliphatic rings. The van der Waals surface area contributed by atoms with E-state index in [0.717, 1.165) is 5.56 Å². The van der Waals surface area contributed by atoms with E-state index in [1.54, 1.807) is 22.7 Å². The number of benzene rings is 1. The Balaban J connectivity index is 1.54. The van der Waals surface area contributed by atoms with Crippen LogP contribution < -0.4 is 5.32 Å². The minimum atomic E-state index is -3.22. The summed E-state index contributed by atoms with van der Waals surface area (Å²) >= 11 is 0. The van der Waals surface area contributed by atoms with Crippen LogP contribution in [0.25, 0.3) is 5.65 Å². The summed E-state index contributed by atoms with van der Waals surface area (Å²) in [5, 5.41) is 11.3. The Morgan fingerprint density at radius 2 is 1.96 bits per heavy atom. The Morgan fingerprint density at radius 3 is 2.68 bits per heavy atom. The predicted molar refractivity (Wildman–Crippen MR) is 104 cm³/mol. The number of pyridine rings is 1. The number of hydrogen-bond donors (Lipinski definition) is 1. The highest BCUT2D eigenvalue weighted by Gasteiger charge is 2.32. The number of aromatic nitrogens is 3. The highest BCUT2D eigenvalue weighted by Crippen LogP contribution is 2.27. The largest absolute Gasteiger partial charge is 0.348 e. The molecule has 4 rings (SSSR count). The van der Waals surface area contributed by atoms with Gasteiger partial charge >= 0.3 is 0 Å². The molecule has 9 heteroatoms. The molecular weight excluding hydrogens is 378 g/mol. The zero-order valence-electron chi connectivity index (χ0n) is 15.4. The Labute approximate surface area is 163 Å². The van der Waals surface area contributed by atoms with Gasteiger partial charge in [-0.05, 0) is 24.1 Å². The maximum Gasteiger partial charge on any atom is 0.253 e. The van der Waals surface area contributed by atoms with Gasteiger partial charge in [0, 0.05) is 31.7 Å². The molecule has 1 unspecified atom stereocenters. The molecule has 0 bridgehead atoms. The van der Waals surface area contributed by atoms with Crippen molar-refractivity contribution in [1.82, 2.24) is 24.2 Å². The van der Waals surface area contributed by atoms with E-state index in [9.17, 15) is 13.2 Å². The minimum Gasteiger partial charge on any atom is -0.348 e. The standard InChI is InChI=1S/C19H21N5O3S/c1-28(26,27)23-10-9-15(12-23)18-22-21-17-8-7-16(13-24(17)18)19(25)20-11-14-5-3-2-4-6-14/h2-8,13,15H,9-12H2,1H3,(H,20,25). The van der Waals surface area contributed by atoms with Crippen molar-refractivity contribution in [3.63, 3.8) is 0 Å². The van der Waals surface area contributed by atoms with E-state index in [1.807, 2.05) is 30.3 Å². The molecular formula is C19H21N5O3S. The Hall–Kier alpha value is -2.78. The van der Waals surface area contributed by atoms with E-state index in [1.165, 1.54) is 10.6 Å². The molecule has 8 nitrogen and oxygen atoms in total. The predicted octanol–water partition coefficient (Wildman–Crippen LogP) is 1.41. The number of nitrogens with zero attached hydrogens (tertiary/aromatic N) is 4. The molecule has 1 fully saturated rings. The van der Waals surface area contributed by atoms with E-state index < -0.39 is 10.0 Å². The number of nitrogens with one attached hydrogen (secondary N) is 1. The second-order valence-corrected chi connectivity index (χ2v) is 8.96. The molecule has 1 amide bonds. The van der Waals surface area contributed by atoms with Crippen molar-refractivity contribution < 1.29 is 13.2 Å². The van der Waals surface area contributed by atoms with Crippen LogP contribution in [0, 0.1) is 0 Å². The van der Waals surface area contributed by atoms with Gasteiger partial charge in [-0.1, -0.05) is 30.3 Å². The van der Waals surface area contributed by atoms with Gasteiger partial charge in [-0.2, -0.15) is 0 Å². The van der Waals surface area contributed by atoms with Crippen molar-refractivity contribution in [2.45, 2.75) is 18.9 Å². The van der Waals surface area contributed by atoms with E-state index in [2.05, 4.69) is 15.5 Å². The summed E-state index contributed by atoms with van der Waals surface area (Å²) in [4.78, 5) is 12.5. The fourth-order valence-electron chi connectivity index (χ4n) is 3.44. The van der Waals surface area contributed by atoms with Gasteiger partial charge in [-0.25, -0.2) is 12.7 Å². The monoisotopic (exact) mass is 399 g/mol. The summed E-state index contributed by atoms with van der Waals surface area (Å²) in [5.74, 6) is 0.445. The Bertz CT molecular complexity index is 1110. The lowest BCUT2D eigenvalue weighted by atomic mass is 10.1. The van der Waals surface area contributed by atoms with Gasteiger partial charge in [-0.3, -0.25) is 9.20 Å². The SMILES string of the molecule is CS(=O)(=O)N1CCC(c2nnc3ccc(C(=O)NCc4ccccc4)cn23)C1. The van der Waals surface area contributed by atoms with Crippen LogP contribution in [0.1, 0.15) is 34.1 Å². The molecule has 1 N–H and O–H groups in total. The first-order chi connectivity index (χ1) is 13.4. The van der Waals surface area contributed by atoms with E-state index >= 15 is 0 Å². The summed E-state index contributed by atoms with van der Waals surface area (Å²) in [6.45, 7) is 1.29. The number of carbonyl (C=O) groups excluding carboxylic acids is 1. The smallest absolute Gasteiger partial charge is 0.253 e. The molecule has 1 aromatic carbocycles. The van der Waals surface area contributed by atoms with Crippen LogP contribution in [0.5, 0.6) is 0 Å². The first-order valence-corrected chi connectivity index (χ1v) is 10.9. The van der Waals surface area contributed by atoms with Gasteiger partial charge in [0.05, 0.1) is 11.8 Å². The van der Waals surface area contributed by atoms with Crippen LogP contribution in [0.15, 0.2) is 48.7 Å². The van der Waals surface area contributed by atoms with E-state index in [-0.39, 0.29) is 11.8 Å². The van der Waals surface area contributed by atoms with Crippen molar-refractivity contribution >= 4 is 21.6 Å².